The second-order valence-electron chi connectivity index (χ2n) is 5.54. The zero-order valence-corrected chi connectivity index (χ0v) is 13.4. The van der Waals surface area contributed by atoms with E-state index >= 15 is 0 Å². The van der Waals surface area contributed by atoms with Crippen molar-refractivity contribution in [3.05, 3.63) is 78.2 Å². The van der Waals surface area contributed by atoms with Crippen molar-refractivity contribution in [2.45, 2.75) is 19.2 Å². The number of halogens is 3. The number of rotatable bonds is 4. The first-order valence-electron chi connectivity index (χ1n) is 7.60. The van der Waals surface area contributed by atoms with Crippen LogP contribution in [0.2, 0.25) is 0 Å². The van der Waals surface area contributed by atoms with Crippen molar-refractivity contribution < 1.29 is 17.9 Å². The molecule has 0 radical (unpaired) electrons. The lowest BCUT2D eigenvalue weighted by Crippen LogP contribution is -2.27. The summed E-state index contributed by atoms with van der Waals surface area (Å²) in [4.78, 5) is 7.54. The summed E-state index contributed by atoms with van der Waals surface area (Å²) in [7, 11) is 0. The average Bonchev–Trinajstić information content (AvgIpc) is 2.60. The van der Waals surface area contributed by atoms with Gasteiger partial charge in [-0.15, -0.1) is 0 Å². The molecule has 0 amide bonds. The first-order chi connectivity index (χ1) is 11.9. The van der Waals surface area contributed by atoms with Crippen molar-refractivity contribution in [1.29, 1.82) is 0 Å². The third kappa shape index (κ3) is 3.96. The van der Waals surface area contributed by atoms with E-state index in [2.05, 4.69) is 9.97 Å². The van der Waals surface area contributed by atoms with Gasteiger partial charge in [-0.2, -0.15) is 13.2 Å². The molecule has 2 aromatic carbocycles. The Balaban J connectivity index is 2.08. The van der Waals surface area contributed by atoms with Gasteiger partial charge in [0.05, 0.1) is 6.20 Å². The summed E-state index contributed by atoms with van der Waals surface area (Å²) in [6, 6.07) is 13.7. The quantitative estimate of drug-likeness (QED) is 0.658. The maximum absolute atomic E-state index is 13.7. The zero-order valence-electron chi connectivity index (χ0n) is 13.4. The van der Waals surface area contributed by atoms with Gasteiger partial charge in [-0.1, -0.05) is 54.1 Å². The SMILES string of the molecule is Cc1cccc(-c2ccccc2C(Oc2cnccn2)C(F)(F)F)c1. The van der Waals surface area contributed by atoms with Crippen molar-refractivity contribution in [2.75, 3.05) is 0 Å². The minimum absolute atomic E-state index is 0.0336. The fourth-order valence-electron chi connectivity index (χ4n) is 2.57. The normalized spacial score (nSPS) is 12.6. The van der Waals surface area contributed by atoms with E-state index < -0.39 is 12.3 Å². The molecular formula is C19H15F3N2O. The molecule has 3 aromatic rings. The Morgan fingerprint density at radius 1 is 1.00 bits per heavy atom. The molecule has 0 spiro atoms. The summed E-state index contributed by atoms with van der Waals surface area (Å²) in [5.41, 5.74) is 2.17. The topological polar surface area (TPSA) is 35.0 Å². The van der Waals surface area contributed by atoms with Crippen LogP contribution in [-0.2, 0) is 0 Å². The van der Waals surface area contributed by atoms with Crippen LogP contribution in [0.25, 0.3) is 11.1 Å². The molecule has 1 unspecified atom stereocenters. The Labute approximate surface area is 143 Å². The van der Waals surface area contributed by atoms with Gasteiger partial charge in [0.25, 0.3) is 0 Å². The molecule has 0 saturated carbocycles. The predicted octanol–water partition coefficient (Wildman–Crippen LogP) is 5.13. The fourth-order valence-corrected chi connectivity index (χ4v) is 2.57. The van der Waals surface area contributed by atoms with Crippen molar-refractivity contribution in [3.8, 4) is 17.0 Å². The first kappa shape index (κ1) is 17.0. The first-order valence-corrected chi connectivity index (χ1v) is 7.60. The van der Waals surface area contributed by atoms with E-state index in [9.17, 15) is 13.2 Å². The van der Waals surface area contributed by atoms with E-state index in [1.807, 2.05) is 25.1 Å². The molecule has 6 heteroatoms. The van der Waals surface area contributed by atoms with Crippen LogP contribution in [-0.4, -0.2) is 16.1 Å². The summed E-state index contributed by atoms with van der Waals surface area (Å²) in [6.45, 7) is 1.89. The Hall–Kier alpha value is -2.89. The van der Waals surface area contributed by atoms with Gasteiger partial charge in [0.15, 0.2) is 0 Å². The van der Waals surface area contributed by atoms with Gasteiger partial charge < -0.3 is 4.74 Å². The lowest BCUT2D eigenvalue weighted by atomic mass is 9.95. The molecule has 25 heavy (non-hydrogen) atoms. The van der Waals surface area contributed by atoms with Crippen LogP contribution in [0.3, 0.4) is 0 Å². The number of ether oxygens (including phenoxy) is 1. The van der Waals surface area contributed by atoms with Gasteiger partial charge in [0, 0.05) is 18.0 Å². The van der Waals surface area contributed by atoms with Crippen molar-refractivity contribution in [3.63, 3.8) is 0 Å². The van der Waals surface area contributed by atoms with Gasteiger partial charge >= 0.3 is 6.18 Å². The molecule has 0 N–H and O–H groups in total. The summed E-state index contributed by atoms with van der Waals surface area (Å²) >= 11 is 0. The largest absolute Gasteiger partial charge is 0.459 e. The average molecular weight is 344 g/mol. The van der Waals surface area contributed by atoms with Crippen molar-refractivity contribution >= 4 is 0 Å². The monoisotopic (exact) mass is 344 g/mol. The van der Waals surface area contributed by atoms with E-state index in [1.54, 1.807) is 24.3 Å². The highest BCUT2D eigenvalue weighted by atomic mass is 19.4. The molecule has 3 rings (SSSR count). The number of aromatic nitrogens is 2. The number of hydrogen-bond acceptors (Lipinski definition) is 3. The highest BCUT2D eigenvalue weighted by Gasteiger charge is 2.44. The Morgan fingerprint density at radius 3 is 2.48 bits per heavy atom. The number of nitrogens with zero attached hydrogens (tertiary/aromatic N) is 2. The molecule has 1 aromatic heterocycles. The molecule has 1 atom stereocenters. The highest BCUT2D eigenvalue weighted by Crippen LogP contribution is 2.40. The second-order valence-corrected chi connectivity index (χ2v) is 5.54. The molecular weight excluding hydrogens is 329 g/mol. The molecule has 0 aliphatic carbocycles. The van der Waals surface area contributed by atoms with Gasteiger partial charge in [-0.05, 0) is 18.1 Å². The Bertz CT molecular complexity index is 851. The molecule has 0 bridgehead atoms. The third-order valence-corrected chi connectivity index (χ3v) is 3.65. The summed E-state index contributed by atoms with van der Waals surface area (Å²) in [5.74, 6) is -0.177. The molecule has 0 aliphatic heterocycles. The van der Waals surface area contributed by atoms with Crippen LogP contribution in [0.5, 0.6) is 5.88 Å². The maximum atomic E-state index is 13.7. The smallest absolute Gasteiger partial charge is 0.429 e. The molecule has 1 heterocycles. The van der Waals surface area contributed by atoms with Gasteiger partial charge in [-0.25, -0.2) is 4.98 Å². The van der Waals surface area contributed by atoms with Crippen LogP contribution in [0, 0.1) is 6.92 Å². The molecule has 128 valence electrons. The van der Waals surface area contributed by atoms with E-state index in [0.29, 0.717) is 11.1 Å². The second kappa shape index (κ2) is 6.93. The van der Waals surface area contributed by atoms with E-state index in [-0.39, 0.29) is 11.4 Å². The minimum atomic E-state index is -4.60. The van der Waals surface area contributed by atoms with E-state index in [1.165, 1.54) is 18.5 Å². The number of hydrogen-bond donors (Lipinski definition) is 0. The third-order valence-electron chi connectivity index (χ3n) is 3.65. The standard InChI is InChI=1S/C19H15F3N2O/c1-13-5-4-6-14(11-13)15-7-2-3-8-16(15)18(19(20,21)22)25-17-12-23-9-10-24-17/h2-12,18H,1H3. The van der Waals surface area contributed by atoms with Gasteiger partial charge in [0.1, 0.15) is 0 Å². The summed E-state index contributed by atoms with van der Waals surface area (Å²) in [5, 5.41) is 0. The van der Waals surface area contributed by atoms with Gasteiger partial charge in [0.2, 0.25) is 12.0 Å². The molecule has 0 saturated heterocycles. The van der Waals surface area contributed by atoms with Crippen LogP contribution in [0.4, 0.5) is 13.2 Å². The predicted molar refractivity (Wildman–Crippen MR) is 88.1 cm³/mol. The van der Waals surface area contributed by atoms with Crippen LogP contribution in [0.15, 0.2) is 67.1 Å². The van der Waals surface area contributed by atoms with E-state index in [0.717, 1.165) is 11.8 Å². The number of alkyl halides is 3. The van der Waals surface area contributed by atoms with Crippen LogP contribution >= 0.6 is 0 Å². The van der Waals surface area contributed by atoms with Crippen molar-refractivity contribution in [2.24, 2.45) is 0 Å². The lowest BCUT2D eigenvalue weighted by Gasteiger charge is -2.23. The van der Waals surface area contributed by atoms with E-state index in [4.69, 9.17) is 4.74 Å². The maximum Gasteiger partial charge on any atom is 0.429 e. The van der Waals surface area contributed by atoms with Gasteiger partial charge in [-0.3, -0.25) is 4.98 Å². The van der Waals surface area contributed by atoms with Crippen LogP contribution < -0.4 is 4.74 Å². The zero-order chi connectivity index (χ0) is 17.9. The minimum Gasteiger partial charge on any atom is -0.459 e. The molecule has 3 nitrogen and oxygen atoms in total. The van der Waals surface area contributed by atoms with Crippen molar-refractivity contribution in [1.82, 2.24) is 9.97 Å². The lowest BCUT2D eigenvalue weighted by molar-refractivity contribution is -0.198. The fraction of sp³-hybridized carbons (Fsp3) is 0.158. The summed E-state index contributed by atoms with van der Waals surface area (Å²) < 4.78 is 46.2. The number of aryl methyl sites for hydroxylation is 1. The summed E-state index contributed by atoms with van der Waals surface area (Å²) in [6.07, 6.45) is -2.92. The molecule has 0 aliphatic rings. The Kier molecular flexibility index (Phi) is 4.70. The highest BCUT2D eigenvalue weighted by molar-refractivity contribution is 5.68. The number of benzene rings is 2. The Morgan fingerprint density at radius 2 is 1.80 bits per heavy atom. The molecule has 0 fully saturated rings. The van der Waals surface area contributed by atoms with Crippen LogP contribution in [0.1, 0.15) is 17.2 Å².